The van der Waals surface area contributed by atoms with Crippen LogP contribution in [-0.2, 0) is 16.6 Å². The third-order valence-corrected chi connectivity index (χ3v) is 6.91. The number of aryl methyl sites for hydroxylation is 1. The molecule has 6 nitrogen and oxygen atoms in total. The van der Waals surface area contributed by atoms with Crippen LogP contribution >= 0.6 is 0 Å². The maximum absolute atomic E-state index is 12.5. The van der Waals surface area contributed by atoms with Crippen molar-refractivity contribution in [2.45, 2.75) is 31.2 Å². The largest absolute Gasteiger partial charge is 0.439 e. The summed E-state index contributed by atoms with van der Waals surface area (Å²) < 4.78 is 33.8. The van der Waals surface area contributed by atoms with E-state index in [4.69, 9.17) is 4.42 Å². The number of rotatable bonds is 7. The second-order valence-corrected chi connectivity index (χ2v) is 9.66. The lowest BCUT2D eigenvalue weighted by molar-refractivity contribution is 0.156. The Morgan fingerprint density at radius 1 is 1.13 bits per heavy atom. The van der Waals surface area contributed by atoms with Gasteiger partial charge in [0.2, 0.25) is 15.9 Å². The maximum Gasteiger partial charge on any atom is 0.240 e. The number of aromatic nitrogens is 1. The van der Waals surface area contributed by atoms with Crippen molar-refractivity contribution in [3.63, 3.8) is 0 Å². The Bertz CT molecular complexity index is 1060. The lowest BCUT2D eigenvalue weighted by Gasteiger charge is -2.31. The monoisotopic (exact) mass is 425 g/mol. The first-order valence-electron chi connectivity index (χ1n) is 10.3. The average molecular weight is 426 g/mol. The topological polar surface area (TPSA) is 75.4 Å². The Hall–Kier alpha value is -2.48. The number of hydrogen-bond donors (Lipinski definition) is 1. The number of nitrogens with zero attached hydrogens (tertiary/aromatic N) is 2. The fourth-order valence-corrected chi connectivity index (χ4v) is 4.92. The fraction of sp³-hybridized carbons (Fsp3) is 0.348. The second-order valence-electron chi connectivity index (χ2n) is 7.89. The van der Waals surface area contributed by atoms with Gasteiger partial charge in [-0.3, -0.25) is 4.90 Å². The summed E-state index contributed by atoms with van der Waals surface area (Å²) >= 11 is 0. The van der Waals surface area contributed by atoms with E-state index in [0.717, 1.165) is 42.8 Å². The summed E-state index contributed by atoms with van der Waals surface area (Å²) in [6, 6.07) is 16.9. The van der Waals surface area contributed by atoms with E-state index in [1.807, 2.05) is 49.4 Å². The quantitative estimate of drug-likeness (QED) is 0.622. The molecule has 1 aliphatic heterocycles. The first-order valence-corrected chi connectivity index (χ1v) is 11.8. The minimum atomic E-state index is -3.48. The number of nitrogens with one attached hydrogen (secondary N) is 1. The second kappa shape index (κ2) is 9.12. The summed E-state index contributed by atoms with van der Waals surface area (Å²) in [5, 5.41) is 0. The molecule has 158 valence electrons. The van der Waals surface area contributed by atoms with Gasteiger partial charge in [0.1, 0.15) is 0 Å². The summed E-state index contributed by atoms with van der Waals surface area (Å²) in [6.45, 7) is 4.79. The van der Waals surface area contributed by atoms with Crippen LogP contribution in [-0.4, -0.2) is 37.9 Å². The van der Waals surface area contributed by atoms with Crippen molar-refractivity contribution >= 4 is 10.0 Å². The smallest absolute Gasteiger partial charge is 0.240 e. The highest BCUT2D eigenvalue weighted by atomic mass is 32.2. The Morgan fingerprint density at radius 3 is 2.67 bits per heavy atom. The maximum atomic E-state index is 12.5. The molecule has 1 saturated heterocycles. The van der Waals surface area contributed by atoms with Crippen LogP contribution < -0.4 is 4.72 Å². The zero-order valence-corrected chi connectivity index (χ0v) is 17.9. The molecule has 2 heterocycles. The first-order chi connectivity index (χ1) is 14.5. The highest BCUT2D eigenvalue weighted by Crippen LogP contribution is 2.23. The highest BCUT2D eigenvalue weighted by molar-refractivity contribution is 7.89. The van der Waals surface area contributed by atoms with Crippen molar-refractivity contribution in [3.8, 4) is 11.3 Å². The summed E-state index contributed by atoms with van der Waals surface area (Å²) in [7, 11) is -3.48. The summed E-state index contributed by atoms with van der Waals surface area (Å²) in [5.74, 6) is 1.72. The zero-order valence-electron chi connectivity index (χ0n) is 17.1. The van der Waals surface area contributed by atoms with Gasteiger partial charge in [-0.2, -0.15) is 0 Å². The third kappa shape index (κ3) is 5.16. The molecule has 7 heteroatoms. The van der Waals surface area contributed by atoms with Crippen molar-refractivity contribution in [1.82, 2.24) is 14.6 Å². The molecule has 1 N–H and O–H groups in total. The molecule has 0 radical (unpaired) electrons. The van der Waals surface area contributed by atoms with Crippen LogP contribution in [0.4, 0.5) is 0 Å². The summed E-state index contributed by atoms with van der Waals surface area (Å²) in [5.41, 5.74) is 2.05. The molecular weight excluding hydrogens is 398 g/mol. The van der Waals surface area contributed by atoms with Gasteiger partial charge >= 0.3 is 0 Å². The lowest BCUT2D eigenvalue weighted by Crippen LogP contribution is -2.40. The van der Waals surface area contributed by atoms with E-state index in [-0.39, 0.29) is 5.92 Å². The Kier molecular flexibility index (Phi) is 6.32. The number of likely N-dealkylation sites (tertiary alicyclic amines) is 1. The number of sulfonamides is 1. The summed E-state index contributed by atoms with van der Waals surface area (Å²) in [6.07, 6.45) is 3.80. The van der Waals surface area contributed by atoms with Gasteiger partial charge < -0.3 is 4.42 Å². The van der Waals surface area contributed by atoms with E-state index in [1.165, 1.54) is 0 Å². The standard InChI is InChI=1S/C23H27N3O3S/c1-18-9-11-21(12-10-18)30(27,28)25-14-19-6-5-13-26(16-19)17-23-24-15-22(29-23)20-7-3-2-4-8-20/h2-4,7-12,15,19,25H,5-6,13-14,16-17H2,1H3. The molecule has 0 amide bonds. The van der Waals surface area contributed by atoms with Crippen LogP contribution in [0.15, 0.2) is 70.1 Å². The van der Waals surface area contributed by atoms with E-state index in [0.29, 0.717) is 23.9 Å². The molecule has 1 atom stereocenters. The molecule has 1 unspecified atom stereocenters. The molecular formula is C23H27N3O3S. The Labute approximate surface area is 178 Å². The molecule has 4 rings (SSSR count). The molecule has 3 aromatic rings. The van der Waals surface area contributed by atoms with Crippen LogP contribution in [0.5, 0.6) is 0 Å². The third-order valence-electron chi connectivity index (χ3n) is 5.47. The van der Waals surface area contributed by atoms with E-state index in [9.17, 15) is 8.42 Å². The van der Waals surface area contributed by atoms with Gasteiger partial charge in [-0.05, 0) is 44.4 Å². The van der Waals surface area contributed by atoms with Crippen molar-refractivity contribution in [2.24, 2.45) is 5.92 Å². The van der Waals surface area contributed by atoms with E-state index in [2.05, 4.69) is 14.6 Å². The minimum absolute atomic E-state index is 0.266. The van der Waals surface area contributed by atoms with Gasteiger partial charge in [-0.1, -0.05) is 48.0 Å². The molecule has 0 spiro atoms. The van der Waals surface area contributed by atoms with Gasteiger partial charge in [-0.25, -0.2) is 18.1 Å². The molecule has 0 saturated carbocycles. The van der Waals surface area contributed by atoms with Crippen molar-refractivity contribution < 1.29 is 12.8 Å². The zero-order chi connectivity index (χ0) is 21.0. The van der Waals surface area contributed by atoms with Gasteiger partial charge in [0.15, 0.2) is 5.76 Å². The van der Waals surface area contributed by atoms with Gasteiger partial charge in [-0.15, -0.1) is 0 Å². The first kappa shape index (κ1) is 20.8. The van der Waals surface area contributed by atoms with Crippen molar-refractivity contribution in [3.05, 3.63) is 72.2 Å². The SMILES string of the molecule is Cc1ccc(S(=O)(=O)NCC2CCCN(Cc3ncc(-c4ccccc4)o3)C2)cc1. The molecule has 2 aromatic carbocycles. The van der Waals surface area contributed by atoms with Crippen LogP contribution in [0.2, 0.25) is 0 Å². The van der Waals surface area contributed by atoms with Gasteiger partial charge in [0.05, 0.1) is 17.6 Å². The minimum Gasteiger partial charge on any atom is -0.439 e. The van der Waals surface area contributed by atoms with Crippen LogP contribution in [0, 0.1) is 12.8 Å². The predicted molar refractivity (Wildman–Crippen MR) is 116 cm³/mol. The highest BCUT2D eigenvalue weighted by Gasteiger charge is 2.23. The number of hydrogen-bond acceptors (Lipinski definition) is 5. The van der Waals surface area contributed by atoms with Crippen molar-refractivity contribution in [1.29, 1.82) is 0 Å². The number of oxazole rings is 1. The Morgan fingerprint density at radius 2 is 1.90 bits per heavy atom. The van der Waals surface area contributed by atoms with Gasteiger partial charge in [0, 0.05) is 18.7 Å². The molecule has 1 aliphatic rings. The van der Waals surface area contributed by atoms with Crippen LogP contribution in [0.1, 0.15) is 24.3 Å². The lowest BCUT2D eigenvalue weighted by atomic mass is 9.98. The molecule has 30 heavy (non-hydrogen) atoms. The van der Waals surface area contributed by atoms with E-state index >= 15 is 0 Å². The average Bonchev–Trinajstić information content (AvgIpc) is 3.22. The van der Waals surface area contributed by atoms with Gasteiger partial charge in [0.25, 0.3) is 0 Å². The van der Waals surface area contributed by atoms with Crippen molar-refractivity contribution in [2.75, 3.05) is 19.6 Å². The number of piperidine rings is 1. The van der Waals surface area contributed by atoms with E-state index < -0.39 is 10.0 Å². The fourth-order valence-electron chi connectivity index (χ4n) is 3.80. The molecule has 1 fully saturated rings. The predicted octanol–water partition coefficient (Wildman–Crippen LogP) is 3.84. The van der Waals surface area contributed by atoms with E-state index in [1.54, 1.807) is 18.3 Å². The Balaban J connectivity index is 1.32. The summed E-state index contributed by atoms with van der Waals surface area (Å²) in [4.78, 5) is 7.02. The molecule has 1 aromatic heterocycles. The van der Waals surface area contributed by atoms with Crippen LogP contribution in [0.3, 0.4) is 0 Å². The molecule has 0 bridgehead atoms. The molecule has 0 aliphatic carbocycles. The van der Waals surface area contributed by atoms with Crippen LogP contribution in [0.25, 0.3) is 11.3 Å². The number of benzene rings is 2. The normalized spacial score (nSPS) is 17.8.